The topological polar surface area (TPSA) is 89.4 Å². The van der Waals surface area contributed by atoms with Gasteiger partial charge in [0.05, 0.1) is 24.0 Å². The van der Waals surface area contributed by atoms with E-state index >= 15 is 0 Å². The van der Waals surface area contributed by atoms with Crippen molar-refractivity contribution in [1.29, 1.82) is 0 Å². The molecule has 29 heavy (non-hydrogen) atoms. The number of piperazine rings is 1. The summed E-state index contributed by atoms with van der Waals surface area (Å²) in [5.74, 6) is 1.52. The minimum Gasteiger partial charge on any atom is -0.394 e. The van der Waals surface area contributed by atoms with Crippen LogP contribution >= 0.6 is 0 Å². The molecule has 0 unspecified atom stereocenters. The summed E-state index contributed by atoms with van der Waals surface area (Å²) < 4.78 is 0. The van der Waals surface area contributed by atoms with E-state index < -0.39 is 0 Å². The number of hydrogen-bond donors (Lipinski definition) is 3. The third kappa shape index (κ3) is 6.35. The maximum atomic E-state index is 9.66. The molecule has 158 valence electrons. The minimum atomic E-state index is -0.104. The Morgan fingerprint density at radius 1 is 1.10 bits per heavy atom. The Labute approximate surface area is 173 Å². The van der Waals surface area contributed by atoms with Crippen molar-refractivity contribution in [3.8, 4) is 11.4 Å². The van der Waals surface area contributed by atoms with Crippen LogP contribution in [-0.4, -0.2) is 88.8 Å². The van der Waals surface area contributed by atoms with Gasteiger partial charge in [0, 0.05) is 51.5 Å². The van der Waals surface area contributed by atoms with E-state index in [1.165, 1.54) is 0 Å². The maximum Gasteiger partial charge on any atom is 0.225 e. The summed E-state index contributed by atoms with van der Waals surface area (Å²) in [6.45, 7) is 10.4. The summed E-state index contributed by atoms with van der Waals surface area (Å²) in [4.78, 5) is 18.5. The molecule has 3 rings (SSSR count). The molecule has 0 aliphatic carbocycles. The van der Waals surface area contributed by atoms with E-state index in [2.05, 4.69) is 56.3 Å². The molecule has 0 amide bonds. The monoisotopic (exact) mass is 399 g/mol. The van der Waals surface area contributed by atoms with Crippen molar-refractivity contribution in [3.63, 3.8) is 0 Å². The number of aliphatic hydroxyl groups is 1. The van der Waals surface area contributed by atoms with Crippen molar-refractivity contribution >= 4 is 11.8 Å². The molecule has 0 spiro atoms. The van der Waals surface area contributed by atoms with Crippen LogP contribution in [0.1, 0.15) is 13.8 Å². The quantitative estimate of drug-likeness (QED) is 0.586. The average Bonchev–Trinajstić information content (AvgIpc) is 2.74. The number of rotatable bonds is 9. The Bertz CT molecular complexity index is 748. The fourth-order valence-electron chi connectivity index (χ4n) is 3.25. The molecule has 3 N–H and O–H groups in total. The highest BCUT2D eigenvalue weighted by Crippen LogP contribution is 2.20. The Morgan fingerprint density at radius 3 is 2.55 bits per heavy atom. The van der Waals surface area contributed by atoms with Gasteiger partial charge in [-0.2, -0.15) is 4.98 Å². The first-order chi connectivity index (χ1) is 14.0. The predicted molar refractivity (Wildman–Crippen MR) is 117 cm³/mol. The van der Waals surface area contributed by atoms with Crippen LogP contribution in [0.15, 0.2) is 30.5 Å². The molecule has 1 fully saturated rings. The van der Waals surface area contributed by atoms with Crippen LogP contribution in [0.3, 0.4) is 0 Å². The van der Waals surface area contributed by atoms with Crippen molar-refractivity contribution in [1.82, 2.24) is 24.8 Å². The van der Waals surface area contributed by atoms with Crippen molar-refractivity contribution < 1.29 is 5.11 Å². The van der Waals surface area contributed by atoms with Gasteiger partial charge in [-0.1, -0.05) is 19.9 Å². The molecule has 1 atom stereocenters. The molecule has 1 saturated heterocycles. The molecule has 1 aliphatic rings. The SMILES string of the molecule is CC(C)[C@@H](CO)Nc1nc(NCCN2CCN(C)CC2)cc(-c2ccccn2)n1. The number of nitrogens with one attached hydrogen (secondary N) is 2. The van der Waals surface area contributed by atoms with Crippen molar-refractivity contribution in [3.05, 3.63) is 30.5 Å². The normalized spacial score (nSPS) is 16.7. The van der Waals surface area contributed by atoms with E-state index in [1.807, 2.05) is 24.3 Å². The number of anilines is 2. The smallest absolute Gasteiger partial charge is 0.225 e. The van der Waals surface area contributed by atoms with E-state index in [4.69, 9.17) is 0 Å². The highest BCUT2D eigenvalue weighted by atomic mass is 16.3. The first kappa shape index (κ1) is 21.4. The third-order valence-electron chi connectivity index (χ3n) is 5.30. The number of likely N-dealkylation sites (N-methyl/N-ethyl adjacent to an activating group) is 1. The summed E-state index contributed by atoms with van der Waals surface area (Å²) in [6, 6.07) is 7.60. The Morgan fingerprint density at radius 2 is 1.90 bits per heavy atom. The first-order valence-electron chi connectivity index (χ1n) is 10.4. The molecule has 0 radical (unpaired) electrons. The van der Waals surface area contributed by atoms with E-state index in [0.717, 1.165) is 56.5 Å². The van der Waals surface area contributed by atoms with Crippen molar-refractivity contribution in [2.24, 2.45) is 5.92 Å². The second kappa shape index (κ2) is 10.5. The van der Waals surface area contributed by atoms with E-state index in [0.29, 0.717) is 5.95 Å². The highest BCUT2D eigenvalue weighted by molar-refractivity contribution is 5.61. The van der Waals surface area contributed by atoms with Crippen LogP contribution in [0.2, 0.25) is 0 Å². The molecular weight excluding hydrogens is 366 g/mol. The zero-order chi connectivity index (χ0) is 20.6. The lowest BCUT2D eigenvalue weighted by atomic mass is 10.1. The molecule has 2 aromatic rings. The van der Waals surface area contributed by atoms with Crippen molar-refractivity contribution in [2.75, 3.05) is 63.6 Å². The van der Waals surface area contributed by atoms with E-state index in [1.54, 1.807) is 6.20 Å². The average molecular weight is 400 g/mol. The van der Waals surface area contributed by atoms with Crippen LogP contribution < -0.4 is 10.6 Å². The fourth-order valence-corrected chi connectivity index (χ4v) is 3.25. The predicted octanol–water partition coefficient (Wildman–Crippen LogP) is 1.63. The molecule has 2 aromatic heterocycles. The molecule has 3 heterocycles. The summed E-state index contributed by atoms with van der Waals surface area (Å²) in [5.41, 5.74) is 1.55. The Hall–Kier alpha value is -2.29. The van der Waals surface area contributed by atoms with E-state index in [-0.39, 0.29) is 18.6 Å². The van der Waals surface area contributed by atoms with Crippen LogP contribution in [0.4, 0.5) is 11.8 Å². The summed E-state index contributed by atoms with van der Waals surface area (Å²) >= 11 is 0. The number of hydrogen-bond acceptors (Lipinski definition) is 8. The molecule has 8 heteroatoms. The molecule has 0 saturated carbocycles. The third-order valence-corrected chi connectivity index (χ3v) is 5.30. The van der Waals surface area contributed by atoms with Gasteiger partial charge in [0.1, 0.15) is 5.82 Å². The second-order valence-corrected chi connectivity index (χ2v) is 7.93. The van der Waals surface area contributed by atoms with Crippen LogP contribution in [0, 0.1) is 5.92 Å². The maximum absolute atomic E-state index is 9.66. The number of aromatic nitrogens is 3. The van der Waals surface area contributed by atoms with Gasteiger partial charge >= 0.3 is 0 Å². The van der Waals surface area contributed by atoms with Gasteiger partial charge in [0.25, 0.3) is 0 Å². The number of nitrogens with zero attached hydrogens (tertiary/aromatic N) is 5. The molecule has 8 nitrogen and oxygen atoms in total. The van der Waals surface area contributed by atoms with Gasteiger partial charge in [-0.15, -0.1) is 0 Å². The van der Waals surface area contributed by atoms with Crippen LogP contribution in [0.25, 0.3) is 11.4 Å². The number of aliphatic hydroxyl groups excluding tert-OH is 1. The molecule has 0 bridgehead atoms. The summed E-state index contributed by atoms with van der Waals surface area (Å²) in [5, 5.41) is 16.4. The Balaban J connectivity index is 1.71. The summed E-state index contributed by atoms with van der Waals surface area (Å²) in [6.07, 6.45) is 1.76. The lowest BCUT2D eigenvalue weighted by molar-refractivity contribution is 0.158. The van der Waals surface area contributed by atoms with Gasteiger partial charge in [0.2, 0.25) is 5.95 Å². The van der Waals surface area contributed by atoms with Gasteiger partial charge in [0.15, 0.2) is 0 Å². The zero-order valence-corrected chi connectivity index (χ0v) is 17.7. The van der Waals surface area contributed by atoms with Gasteiger partial charge < -0.3 is 20.6 Å². The lowest BCUT2D eigenvalue weighted by Gasteiger charge is -2.32. The molecule has 0 aromatic carbocycles. The first-order valence-corrected chi connectivity index (χ1v) is 10.4. The molecular formula is C21H33N7O. The van der Waals surface area contributed by atoms with Crippen LogP contribution in [-0.2, 0) is 0 Å². The minimum absolute atomic E-state index is 0.0288. The standard InChI is InChI=1S/C21H33N7O/c1-16(2)19(15-29)25-21-24-18(17-6-4-5-7-22-17)14-20(26-21)23-8-9-28-12-10-27(3)11-13-28/h4-7,14,16,19,29H,8-13,15H2,1-3H3,(H2,23,24,25,26)/t19-/m1/s1. The van der Waals surface area contributed by atoms with Crippen LogP contribution in [0.5, 0.6) is 0 Å². The lowest BCUT2D eigenvalue weighted by Crippen LogP contribution is -2.45. The van der Waals surface area contributed by atoms with E-state index in [9.17, 15) is 5.11 Å². The zero-order valence-electron chi connectivity index (χ0n) is 17.7. The fraction of sp³-hybridized carbons (Fsp3) is 0.571. The van der Waals surface area contributed by atoms with Gasteiger partial charge in [-0.05, 0) is 25.1 Å². The highest BCUT2D eigenvalue weighted by Gasteiger charge is 2.16. The van der Waals surface area contributed by atoms with Gasteiger partial charge in [-0.25, -0.2) is 4.98 Å². The molecule has 1 aliphatic heterocycles. The van der Waals surface area contributed by atoms with Crippen molar-refractivity contribution in [2.45, 2.75) is 19.9 Å². The summed E-state index contributed by atoms with van der Waals surface area (Å²) in [7, 11) is 2.17. The number of pyridine rings is 1. The second-order valence-electron chi connectivity index (χ2n) is 7.93. The largest absolute Gasteiger partial charge is 0.394 e. The van der Waals surface area contributed by atoms with Gasteiger partial charge in [-0.3, -0.25) is 9.88 Å². The Kier molecular flexibility index (Phi) is 7.74.